The fraction of sp³-hybridized carbons (Fsp3) is 0.308. The molecule has 0 aliphatic carbocycles. The molecule has 0 spiro atoms. The molecule has 1 aliphatic rings. The number of aromatic nitrogens is 3. The Hall–Kier alpha value is -2.55. The molecule has 2 aromatic rings. The minimum Gasteiger partial charge on any atom is -0.535 e. The molecule has 2 N–H and O–H groups in total. The van der Waals surface area contributed by atoms with Gasteiger partial charge < -0.3 is 19.5 Å². The van der Waals surface area contributed by atoms with E-state index in [0.717, 1.165) is 5.56 Å². The van der Waals surface area contributed by atoms with E-state index < -0.39 is 13.1 Å². The Morgan fingerprint density at radius 2 is 2.36 bits per heavy atom. The fourth-order valence-electron chi connectivity index (χ4n) is 2.35. The molecule has 9 heteroatoms. The van der Waals surface area contributed by atoms with Gasteiger partial charge in [-0.05, 0) is 24.4 Å². The van der Waals surface area contributed by atoms with Crippen LogP contribution in [0, 0.1) is 0 Å². The summed E-state index contributed by atoms with van der Waals surface area (Å²) < 4.78 is 12.4. The lowest BCUT2D eigenvalue weighted by Gasteiger charge is -2.22. The zero-order chi connectivity index (χ0) is 15.7. The van der Waals surface area contributed by atoms with Crippen molar-refractivity contribution < 1.29 is 24.3 Å². The van der Waals surface area contributed by atoms with Crippen molar-refractivity contribution in [3.63, 3.8) is 0 Å². The Labute approximate surface area is 126 Å². The van der Waals surface area contributed by atoms with Gasteiger partial charge in [-0.15, -0.1) is 5.10 Å². The Morgan fingerprint density at radius 1 is 1.55 bits per heavy atom. The maximum Gasteiger partial charge on any atom is 0.522 e. The van der Waals surface area contributed by atoms with Gasteiger partial charge in [-0.3, -0.25) is 4.68 Å². The lowest BCUT2D eigenvalue weighted by molar-refractivity contribution is 0.0689. The van der Waals surface area contributed by atoms with Crippen LogP contribution in [0.2, 0.25) is 6.32 Å². The van der Waals surface area contributed by atoms with Gasteiger partial charge in [0.2, 0.25) is 0 Å². The number of aryl methyl sites for hydroxylation is 2. The first-order chi connectivity index (χ1) is 10.5. The number of hydrogen-bond donors (Lipinski definition) is 2. The maximum absolute atomic E-state index is 11.5. The monoisotopic (exact) mass is 303 g/mol. The Bertz CT molecular complexity index is 718. The van der Waals surface area contributed by atoms with Crippen LogP contribution in [0.25, 0.3) is 0 Å². The Kier molecular flexibility index (Phi) is 3.72. The molecule has 0 saturated heterocycles. The third kappa shape index (κ3) is 2.75. The van der Waals surface area contributed by atoms with Crippen LogP contribution < -0.4 is 9.39 Å². The largest absolute Gasteiger partial charge is 0.535 e. The van der Waals surface area contributed by atoms with Gasteiger partial charge in [-0.25, -0.2) is 4.79 Å². The molecule has 1 aromatic carbocycles. The van der Waals surface area contributed by atoms with Gasteiger partial charge in [0.25, 0.3) is 0 Å². The predicted octanol–water partition coefficient (Wildman–Crippen LogP) is 0.508. The van der Waals surface area contributed by atoms with Crippen LogP contribution >= 0.6 is 0 Å². The van der Waals surface area contributed by atoms with Gasteiger partial charge in [0, 0.05) is 7.05 Å². The van der Waals surface area contributed by atoms with E-state index in [1.807, 2.05) is 0 Å². The van der Waals surface area contributed by atoms with Crippen LogP contribution in [-0.4, -0.2) is 38.2 Å². The van der Waals surface area contributed by atoms with E-state index in [9.17, 15) is 14.9 Å². The van der Waals surface area contributed by atoms with Crippen molar-refractivity contribution in [3.8, 4) is 11.5 Å². The third-order valence-electron chi connectivity index (χ3n) is 3.36. The van der Waals surface area contributed by atoms with E-state index in [2.05, 4.69) is 10.3 Å². The molecule has 1 aliphatic heterocycles. The van der Waals surface area contributed by atoms with Gasteiger partial charge in [0.05, 0.1) is 6.20 Å². The summed E-state index contributed by atoms with van der Waals surface area (Å²) in [7, 11) is 0.730. The first kappa shape index (κ1) is 14.4. The van der Waals surface area contributed by atoms with Crippen molar-refractivity contribution in [1.29, 1.82) is 0 Å². The van der Waals surface area contributed by atoms with Crippen molar-refractivity contribution >= 4 is 13.1 Å². The molecule has 2 heterocycles. The zero-order valence-electron chi connectivity index (χ0n) is 11.9. The third-order valence-corrected chi connectivity index (χ3v) is 3.36. The molecule has 0 bridgehead atoms. The second kappa shape index (κ2) is 5.68. The van der Waals surface area contributed by atoms with Gasteiger partial charge in [-0.1, -0.05) is 11.3 Å². The molecule has 0 fully saturated rings. The number of benzene rings is 1. The average molecular weight is 303 g/mol. The van der Waals surface area contributed by atoms with Crippen LogP contribution in [0.1, 0.15) is 21.6 Å². The number of carboxylic acid groups (broad SMARTS) is 1. The second-order valence-corrected chi connectivity index (χ2v) is 5.02. The SMILES string of the molecule is Cn1cc(COc2ccc3c(c2C(=O)O)OB(O)CC3)nn1. The number of hydrogen-bond acceptors (Lipinski definition) is 6. The van der Waals surface area contributed by atoms with E-state index in [-0.39, 0.29) is 23.7 Å². The molecule has 22 heavy (non-hydrogen) atoms. The Morgan fingerprint density at radius 3 is 3.05 bits per heavy atom. The van der Waals surface area contributed by atoms with Gasteiger partial charge in [0.15, 0.2) is 0 Å². The molecule has 114 valence electrons. The summed E-state index contributed by atoms with van der Waals surface area (Å²) in [6.45, 7) is 0.0927. The van der Waals surface area contributed by atoms with E-state index in [1.54, 1.807) is 25.4 Å². The lowest BCUT2D eigenvalue weighted by Crippen LogP contribution is -2.28. The van der Waals surface area contributed by atoms with Crippen LogP contribution in [0.4, 0.5) is 0 Å². The fourth-order valence-corrected chi connectivity index (χ4v) is 2.35. The highest BCUT2D eigenvalue weighted by Crippen LogP contribution is 2.36. The number of rotatable bonds is 4. The van der Waals surface area contributed by atoms with E-state index in [4.69, 9.17) is 9.39 Å². The van der Waals surface area contributed by atoms with Crippen molar-refractivity contribution in [3.05, 3.63) is 35.2 Å². The van der Waals surface area contributed by atoms with E-state index in [0.29, 0.717) is 18.4 Å². The highest BCUT2D eigenvalue weighted by atomic mass is 16.5. The first-order valence-corrected chi connectivity index (χ1v) is 6.76. The van der Waals surface area contributed by atoms with E-state index in [1.165, 1.54) is 4.68 Å². The van der Waals surface area contributed by atoms with Gasteiger partial charge in [0.1, 0.15) is 29.4 Å². The molecule has 0 amide bonds. The number of aromatic carboxylic acids is 1. The summed E-state index contributed by atoms with van der Waals surface area (Å²) in [5.41, 5.74) is 1.24. The summed E-state index contributed by atoms with van der Waals surface area (Å²) in [4.78, 5) is 11.5. The summed E-state index contributed by atoms with van der Waals surface area (Å²) in [5, 5.41) is 26.7. The molecule has 1 aromatic heterocycles. The minimum atomic E-state index is -1.17. The second-order valence-electron chi connectivity index (χ2n) is 5.02. The van der Waals surface area contributed by atoms with E-state index >= 15 is 0 Å². The molecular formula is C13H14BN3O5. The van der Waals surface area contributed by atoms with Crippen LogP contribution in [-0.2, 0) is 20.1 Å². The zero-order valence-corrected chi connectivity index (χ0v) is 11.9. The summed E-state index contributed by atoms with van der Waals surface area (Å²) in [5.74, 6) is -0.825. The summed E-state index contributed by atoms with van der Waals surface area (Å²) in [6.07, 6.45) is 2.67. The topological polar surface area (TPSA) is 107 Å². The maximum atomic E-state index is 11.5. The molecular weight excluding hydrogens is 289 g/mol. The number of nitrogens with zero attached hydrogens (tertiary/aromatic N) is 3. The predicted molar refractivity (Wildman–Crippen MR) is 75.8 cm³/mol. The Balaban J connectivity index is 1.90. The molecule has 0 saturated carbocycles. The van der Waals surface area contributed by atoms with Gasteiger partial charge in [-0.2, -0.15) is 0 Å². The minimum absolute atomic E-state index is 0.0832. The molecule has 0 atom stereocenters. The van der Waals surface area contributed by atoms with Crippen molar-refractivity contribution in [2.45, 2.75) is 19.3 Å². The standard InChI is InChI=1S/C13H14BN3O5/c1-17-6-9(15-16-17)7-21-10-3-2-8-4-5-14(20)22-12(8)11(10)13(18)19/h2-3,6,20H,4-5,7H2,1H3,(H,18,19). The summed E-state index contributed by atoms with van der Waals surface area (Å²) in [6, 6.07) is 3.35. The van der Waals surface area contributed by atoms with Crippen molar-refractivity contribution in [1.82, 2.24) is 15.0 Å². The molecule has 8 nitrogen and oxygen atoms in total. The highest BCUT2D eigenvalue weighted by molar-refractivity contribution is 6.44. The molecule has 0 unspecified atom stereocenters. The van der Waals surface area contributed by atoms with Crippen molar-refractivity contribution in [2.75, 3.05) is 0 Å². The lowest BCUT2D eigenvalue weighted by atomic mass is 9.78. The smallest absolute Gasteiger partial charge is 0.522 e. The quantitative estimate of drug-likeness (QED) is 0.792. The summed E-state index contributed by atoms with van der Waals surface area (Å²) >= 11 is 0. The van der Waals surface area contributed by atoms with Crippen LogP contribution in [0.3, 0.4) is 0 Å². The van der Waals surface area contributed by atoms with Crippen LogP contribution in [0.5, 0.6) is 11.5 Å². The molecule has 3 rings (SSSR count). The number of ether oxygens (including phenoxy) is 1. The highest BCUT2D eigenvalue weighted by Gasteiger charge is 2.30. The normalized spacial score (nSPS) is 13.5. The molecule has 0 radical (unpaired) electrons. The average Bonchev–Trinajstić information content (AvgIpc) is 2.89. The number of fused-ring (bicyclic) bond motifs is 1. The number of carbonyl (C=O) groups is 1. The number of carboxylic acids is 1. The van der Waals surface area contributed by atoms with Crippen LogP contribution in [0.15, 0.2) is 18.3 Å². The van der Waals surface area contributed by atoms with Gasteiger partial charge >= 0.3 is 13.1 Å². The van der Waals surface area contributed by atoms with Crippen molar-refractivity contribution in [2.24, 2.45) is 7.05 Å². The first-order valence-electron chi connectivity index (χ1n) is 6.76.